The Hall–Kier alpha value is -3.52. The first kappa shape index (κ1) is 22.7. The van der Waals surface area contributed by atoms with E-state index >= 15 is 0 Å². The first-order valence-electron chi connectivity index (χ1n) is 11.2. The molecule has 1 aliphatic rings. The number of aromatic nitrogens is 2. The topological polar surface area (TPSA) is 97.6 Å². The number of ether oxygens (including phenoxy) is 1. The lowest BCUT2D eigenvalue weighted by atomic mass is 9.97. The summed E-state index contributed by atoms with van der Waals surface area (Å²) in [5.41, 5.74) is 2.86. The lowest BCUT2D eigenvalue weighted by Crippen LogP contribution is -2.40. The fourth-order valence-corrected chi connectivity index (χ4v) is 4.07. The lowest BCUT2D eigenvalue weighted by Gasteiger charge is -2.31. The number of nitrogens with one attached hydrogen (secondary N) is 1. The fourth-order valence-electron chi connectivity index (χ4n) is 4.07. The third-order valence-corrected chi connectivity index (χ3v) is 5.77. The average molecular weight is 449 g/mol. The normalized spacial score (nSPS) is 16.4. The van der Waals surface area contributed by atoms with E-state index in [9.17, 15) is 9.59 Å². The zero-order chi connectivity index (χ0) is 23.2. The van der Waals surface area contributed by atoms with Gasteiger partial charge >= 0.3 is 5.97 Å². The van der Waals surface area contributed by atoms with E-state index in [0.29, 0.717) is 36.1 Å². The van der Waals surface area contributed by atoms with Crippen LogP contribution in [-0.2, 0) is 16.1 Å². The van der Waals surface area contributed by atoms with Crippen LogP contribution in [-0.4, -0.2) is 46.6 Å². The fraction of sp³-hybridized carbons (Fsp3) is 0.360. The van der Waals surface area contributed by atoms with Crippen LogP contribution >= 0.6 is 0 Å². The molecule has 0 aliphatic carbocycles. The molecule has 1 atom stereocenters. The monoisotopic (exact) mass is 448 g/mol. The number of esters is 1. The molecule has 8 nitrogen and oxygen atoms in total. The highest BCUT2D eigenvalue weighted by atomic mass is 16.5. The molecule has 172 valence electrons. The Labute approximate surface area is 192 Å². The van der Waals surface area contributed by atoms with Gasteiger partial charge in [0.05, 0.1) is 30.3 Å². The summed E-state index contributed by atoms with van der Waals surface area (Å²) in [7, 11) is 0. The standard InChI is InChI=1S/C25H28N4O4/c1-3-32-25(31)20-12-6-7-13-21(20)26-24(30)18-10-8-14-29(15-18)16-22-27-23(28-33-22)19-11-5-4-9-17(19)2/h4-7,9,11-13,18H,3,8,10,14-16H2,1-2H3,(H,26,30). The maximum atomic E-state index is 13.0. The van der Waals surface area contributed by atoms with Gasteiger partial charge in [-0.3, -0.25) is 9.69 Å². The van der Waals surface area contributed by atoms with Crippen LogP contribution in [0.2, 0.25) is 0 Å². The summed E-state index contributed by atoms with van der Waals surface area (Å²) >= 11 is 0. The third kappa shape index (κ3) is 5.46. The minimum Gasteiger partial charge on any atom is -0.462 e. The Kier molecular flexibility index (Phi) is 7.14. The number of rotatable bonds is 7. The molecule has 4 rings (SSSR count). The largest absolute Gasteiger partial charge is 0.462 e. The van der Waals surface area contributed by atoms with Crippen molar-refractivity contribution in [3.05, 3.63) is 65.5 Å². The van der Waals surface area contributed by atoms with Gasteiger partial charge in [-0.15, -0.1) is 0 Å². The van der Waals surface area contributed by atoms with Gasteiger partial charge in [0.1, 0.15) is 0 Å². The minimum atomic E-state index is -0.445. The second-order valence-electron chi connectivity index (χ2n) is 8.16. The molecule has 2 aromatic carbocycles. The number of piperidine rings is 1. The first-order valence-corrected chi connectivity index (χ1v) is 11.2. The van der Waals surface area contributed by atoms with Crippen LogP contribution in [0.25, 0.3) is 11.4 Å². The van der Waals surface area contributed by atoms with Crippen molar-refractivity contribution in [2.24, 2.45) is 5.92 Å². The highest BCUT2D eigenvalue weighted by Crippen LogP contribution is 2.24. The number of hydrogen-bond acceptors (Lipinski definition) is 7. The van der Waals surface area contributed by atoms with Gasteiger partial charge in [-0.2, -0.15) is 4.98 Å². The Morgan fingerprint density at radius 1 is 1.18 bits per heavy atom. The van der Waals surface area contributed by atoms with E-state index in [-0.39, 0.29) is 18.4 Å². The predicted octanol–water partition coefficient (Wildman–Crippen LogP) is 4.07. The van der Waals surface area contributed by atoms with Crippen molar-refractivity contribution in [3.8, 4) is 11.4 Å². The predicted molar refractivity (Wildman–Crippen MR) is 124 cm³/mol. The minimum absolute atomic E-state index is 0.109. The van der Waals surface area contributed by atoms with E-state index in [1.165, 1.54) is 0 Å². The number of benzene rings is 2. The molecule has 0 bridgehead atoms. The number of hydrogen-bond donors (Lipinski definition) is 1. The van der Waals surface area contributed by atoms with Crippen LogP contribution in [0.3, 0.4) is 0 Å². The van der Waals surface area contributed by atoms with Crippen molar-refractivity contribution in [2.45, 2.75) is 33.2 Å². The molecule has 3 aromatic rings. The molecule has 2 heterocycles. The Morgan fingerprint density at radius 3 is 2.79 bits per heavy atom. The van der Waals surface area contributed by atoms with Crippen molar-refractivity contribution in [1.82, 2.24) is 15.0 Å². The number of para-hydroxylation sites is 1. The molecule has 0 spiro atoms. The number of aryl methyl sites for hydroxylation is 1. The number of carbonyl (C=O) groups excluding carboxylic acids is 2. The molecule has 8 heteroatoms. The highest BCUT2D eigenvalue weighted by Gasteiger charge is 2.28. The van der Waals surface area contributed by atoms with Crippen LogP contribution in [0.4, 0.5) is 5.69 Å². The molecule has 1 aromatic heterocycles. The maximum absolute atomic E-state index is 13.0. The number of amides is 1. The second kappa shape index (κ2) is 10.4. The van der Waals surface area contributed by atoms with Crippen LogP contribution in [0.15, 0.2) is 53.1 Å². The van der Waals surface area contributed by atoms with Gasteiger partial charge in [0.2, 0.25) is 17.6 Å². The van der Waals surface area contributed by atoms with E-state index in [1.54, 1.807) is 31.2 Å². The van der Waals surface area contributed by atoms with Gasteiger partial charge in [0, 0.05) is 12.1 Å². The van der Waals surface area contributed by atoms with Crippen molar-refractivity contribution in [2.75, 3.05) is 25.0 Å². The Bertz CT molecular complexity index is 1130. The molecule has 1 amide bonds. The third-order valence-electron chi connectivity index (χ3n) is 5.77. The summed E-state index contributed by atoms with van der Waals surface area (Å²) in [5, 5.41) is 7.05. The second-order valence-corrected chi connectivity index (χ2v) is 8.16. The lowest BCUT2D eigenvalue weighted by molar-refractivity contribution is -0.121. The van der Waals surface area contributed by atoms with Gasteiger partial charge < -0.3 is 14.6 Å². The Morgan fingerprint density at radius 2 is 1.97 bits per heavy atom. The van der Waals surface area contributed by atoms with E-state index in [2.05, 4.69) is 20.4 Å². The maximum Gasteiger partial charge on any atom is 0.340 e. The van der Waals surface area contributed by atoms with Crippen molar-refractivity contribution in [3.63, 3.8) is 0 Å². The number of nitrogens with zero attached hydrogens (tertiary/aromatic N) is 3. The average Bonchev–Trinajstić information content (AvgIpc) is 3.28. The number of anilines is 1. The van der Waals surface area contributed by atoms with E-state index in [4.69, 9.17) is 9.26 Å². The van der Waals surface area contributed by atoms with E-state index < -0.39 is 5.97 Å². The molecule has 33 heavy (non-hydrogen) atoms. The molecule has 1 saturated heterocycles. The smallest absolute Gasteiger partial charge is 0.340 e. The van der Waals surface area contributed by atoms with Crippen LogP contribution in [0.5, 0.6) is 0 Å². The van der Waals surface area contributed by atoms with Crippen molar-refractivity contribution >= 4 is 17.6 Å². The van der Waals surface area contributed by atoms with E-state index in [1.807, 2.05) is 31.2 Å². The summed E-state index contributed by atoms with van der Waals surface area (Å²) in [6.45, 7) is 5.96. The SMILES string of the molecule is CCOC(=O)c1ccccc1NC(=O)C1CCCN(Cc2nc(-c3ccccc3C)no2)C1. The summed E-state index contributed by atoms with van der Waals surface area (Å²) in [4.78, 5) is 31.9. The molecule has 0 radical (unpaired) electrons. The van der Waals surface area contributed by atoms with Gasteiger partial charge in [-0.05, 0) is 50.9 Å². The molecule has 1 unspecified atom stereocenters. The molecule has 1 N–H and O–H groups in total. The van der Waals surface area contributed by atoms with Gasteiger partial charge in [-0.25, -0.2) is 4.79 Å². The van der Waals surface area contributed by atoms with Crippen LogP contribution < -0.4 is 5.32 Å². The first-order chi connectivity index (χ1) is 16.0. The summed E-state index contributed by atoms with van der Waals surface area (Å²) in [5.74, 6) is 0.349. The van der Waals surface area contributed by atoms with Crippen LogP contribution in [0, 0.1) is 12.8 Å². The highest BCUT2D eigenvalue weighted by molar-refractivity contribution is 6.01. The Balaban J connectivity index is 1.39. The number of carbonyl (C=O) groups is 2. The van der Waals surface area contributed by atoms with E-state index in [0.717, 1.165) is 30.5 Å². The zero-order valence-corrected chi connectivity index (χ0v) is 18.9. The summed E-state index contributed by atoms with van der Waals surface area (Å²) in [6, 6.07) is 14.8. The summed E-state index contributed by atoms with van der Waals surface area (Å²) < 4.78 is 10.6. The van der Waals surface area contributed by atoms with Crippen molar-refractivity contribution < 1.29 is 18.8 Å². The molecule has 0 saturated carbocycles. The number of likely N-dealkylation sites (tertiary alicyclic amines) is 1. The van der Waals surface area contributed by atoms with Gasteiger partial charge in [0.15, 0.2) is 0 Å². The quantitative estimate of drug-likeness (QED) is 0.544. The molecular formula is C25H28N4O4. The zero-order valence-electron chi connectivity index (χ0n) is 18.9. The summed E-state index contributed by atoms with van der Waals surface area (Å²) in [6.07, 6.45) is 1.67. The van der Waals surface area contributed by atoms with Gasteiger partial charge in [0.25, 0.3) is 0 Å². The molecular weight excluding hydrogens is 420 g/mol. The van der Waals surface area contributed by atoms with Gasteiger partial charge in [-0.1, -0.05) is 41.6 Å². The van der Waals surface area contributed by atoms with Crippen molar-refractivity contribution in [1.29, 1.82) is 0 Å². The van der Waals surface area contributed by atoms with Crippen LogP contribution in [0.1, 0.15) is 41.6 Å². The molecule has 1 aliphatic heterocycles. The molecule has 1 fully saturated rings.